The van der Waals surface area contributed by atoms with E-state index in [1.807, 2.05) is 6.92 Å². The van der Waals surface area contributed by atoms with Crippen molar-refractivity contribution in [3.63, 3.8) is 0 Å². The van der Waals surface area contributed by atoms with E-state index in [9.17, 15) is 4.79 Å². The molecule has 1 aromatic heterocycles. The van der Waals surface area contributed by atoms with Gasteiger partial charge in [-0.1, -0.05) is 32.0 Å². The molecule has 0 spiro atoms. The molecule has 2 aromatic rings. The lowest BCUT2D eigenvalue weighted by atomic mass is 10.0. The average molecular weight is 352 g/mol. The summed E-state index contributed by atoms with van der Waals surface area (Å²) in [5.41, 5.74) is 4.49. The molecule has 2 heterocycles. The van der Waals surface area contributed by atoms with Crippen molar-refractivity contribution in [1.29, 1.82) is 0 Å². The number of aryl methyl sites for hydroxylation is 3. The van der Waals surface area contributed by atoms with Crippen molar-refractivity contribution in [2.24, 2.45) is 0 Å². The van der Waals surface area contributed by atoms with Gasteiger partial charge >= 0.3 is 0 Å². The van der Waals surface area contributed by atoms with Crippen LogP contribution < -0.4 is 10.2 Å². The molecule has 26 heavy (non-hydrogen) atoms. The van der Waals surface area contributed by atoms with E-state index < -0.39 is 0 Å². The smallest absolute Gasteiger partial charge is 0.274 e. The van der Waals surface area contributed by atoms with Gasteiger partial charge in [0.2, 0.25) is 5.95 Å². The molecule has 1 fully saturated rings. The predicted molar refractivity (Wildman–Crippen MR) is 106 cm³/mol. The van der Waals surface area contributed by atoms with Crippen LogP contribution in [0.15, 0.2) is 24.3 Å². The molecule has 3 rings (SSSR count). The fourth-order valence-corrected chi connectivity index (χ4v) is 3.49. The lowest BCUT2D eigenvalue weighted by molar-refractivity contribution is 0.102. The molecular formula is C21H28N4O. The van der Waals surface area contributed by atoms with Gasteiger partial charge in [-0.05, 0) is 56.2 Å². The maximum Gasteiger partial charge on any atom is 0.274 e. The summed E-state index contributed by atoms with van der Waals surface area (Å²) in [4.78, 5) is 24.2. The molecule has 1 N–H and O–H groups in total. The largest absolute Gasteiger partial charge is 0.341 e. The Hall–Kier alpha value is -2.43. The summed E-state index contributed by atoms with van der Waals surface area (Å²) in [6, 6.07) is 7.96. The third kappa shape index (κ3) is 4.03. The Morgan fingerprint density at radius 1 is 1.08 bits per heavy atom. The molecule has 0 atom stereocenters. The number of piperidine rings is 1. The Kier molecular flexibility index (Phi) is 5.86. The minimum absolute atomic E-state index is 0.163. The molecule has 0 aliphatic carbocycles. The third-order valence-corrected chi connectivity index (χ3v) is 4.95. The van der Waals surface area contributed by atoms with E-state index >= 15 is 0 Å². The Bertz CT molecular complexity index is 759. The van der Waals surface area contributed by atoms with Crippen LogP contribution in [0.5, 0.6) is 0 Å². The molecule has 1 aliphatic rings. The minimum Gasteiger partial charge on any atom is -0.341 e. The highest BCUT2D eigenvalue weighted by Gasteiger charge is 2.18. The first-order valence-electron chi connectivity index (χ1n) is 9.65. The standard InChI is InChI=1S/C21H28N4O/c1-4-16-10-9-11-17(5-2)19(16)24-20(26)18-14-15(3)22-21(23-18)25-12-7-6-8-13-25/h9-11,14H,4-8,12-13H2,1-3H3,(H,24,26). The SMILES string of the molecule is CCc1cccc(CC)c1NC(=O)c1cc(C)nc(N2CCCCC2)n1. The number of aromatic nitrogens is 2. The number of benzene rings is 1. The number of para-hydroxylation sites is 1. The van der Waals surface area contributed by atoms with Crippen molar-refractivity contribution < 1.29 is 4.79 Å². The van der Waals surface area contributed by atoms with Crippen molar-refractivity contribution in [3.05, 3.63) is 46.8 Å². The first-order chi connectivity index (χ1) is 12.6. The quantitative estimate of drug-likeness (QED) is 0.878. The summed E-state index contributed by atoms with van der Waals surface area (Å²) < 4.78 is 0. The van der Waals surface area contributed by atoms with Gasteiger partial charge in [-0.2, -0.15) is 0 Å². The molecule has 0 unspecified atom stereocenters. The lowest BCUT2D eigenvalue weighted by Crippen LogP contribution is -2.32. The van der Waals surface area contributed by atoms with Gasteiger partial charge in [0.25, 0.3) is 5.91 Å². The lowest BCUT2D eigenvalue weighted by Gasteiger charge is -2.27. The fourth-order valence-electron chi connectivity index (χ4n) is 3.49. The molecular weight excluding hydrogens is 324 g/mol. The van der Waals surface area contributed by atoms with Crippen molar-refractivity contribution in [2.45, 2.75) is 52.9 Å². The van der Waals surface area contributed by atoms with E-state index in [0.717, 1.165) is 61.3 Å². The van der Waals surface area contributed by atoms with Crippen LogP contribution in [0.25, 0.3) is 0 Å². The van der Waals surface area contributed by atoms with Crippen LogP contribution in [0.4, 0.5) is 11.6 Å². The van der Waals surface area contributed by atoms with E-state index in [4.69, 9.17) is 0 Å². The van der Waals surface area contributed by atoms with Crippen molar-refractivity contribution >= 4 is 17.5 Å². The molecule has 0 bridgehead atoms. The van der Waals surface area contributed by atoms with Crippen LogP contribution in [0, 0.1) is 6.92 Å². The zero-order valence-corrected chi connectivity index (χ0v) is 16.0. The summed E-state index contributed by atoms with van der Waals surface area (Å²) in [5, 5.41) is 3.11. The zero-order valence-electron chi connectivity index (χ0n) is 16.0. The highest BCUT2D eigenvalue weighted by Crippen LogP contribution is 2.24. The number of nitrogens with one attached hydrogen (secondary N) is 1. The molecule has 1 aliphatic heterocycles. The minimum atomic E-state index is -0.163. The van der Waals surface area contributed by atoms with Gasteiger partial charge in [-0.3, -0.25) is 4.79 Å². The van der Waals surface area contributed by atoms with Crippen LogP contribution in [0.2, 0.25) is 0 Å². The molecule has 0 radical (unpaired) electrons. The van der Waals surface area contributed by atoms with Gasteiger partial charge in [-0.15, -0.1) is 0 Å². The molecule has 138 valence electrons. The number of hydrogen-bond donors (Lipinski definition) is 1. The first kappa shape index (κ1) is 18.4. The van der Waals surface area contributed by atoms with Gasteiger partial charge < -0.3 is 10.2 Å². The van der Waals surface area contributed by atoms with Crippen molar-refractivity contribution in [1.82, 2.24) is 9.97 Å². The Morgan fingerprint density at radius 2 is 1.73 bits per heavy atom. The topological polar surface area (TPSA) is 58.1 Å². The highest BCUT2D eigenvalue weighted by atomic mass is 16.1. The Balaban J connectivity index is 1.88. The molecule has 5 heteroatoms. The second-order valence-corrected chi connectivity index (χ2v) is 6.85. The summed E-state index contributed by atoms with van der Waals surface area (Å²) in [7, 11) is 0. The van der Waals surface area contributed by atoms with Crippen LogP contribution in [-0.4, -0.2) is 29.0 Å². The van der Waals surface area contributed by atoms with Gasteiger partial charge in [0.1, 0.15) is 5.69 Å². The fraction of sp³-hybridized carbons (Fsp3) is 0.476. The highest BCUT2D eigenvalue weighted by molar-refractivity contribution is 6.04. The van der Waals surface area contributed by atoms with Crippen LogP contribution in [-0.2, 0) is 12.8 Å². The number of amides is 1. The summed E-state index contributed by atoms with van der Waals surface area (Å²) in [6.45, 7) is 8.05. The van der Waals surface area contributed by atoms with E-state index in [0.29, 0.717) is 11.6 Å². The normalized spacial score (nSPS) is 14.3. The van der Waals surface area contributed by atoms with Gasteiger partial charge in [0.05, 0.1) is 0 Å². The second kappa shape index (κ2) is 8.30. The Morgan fingerprint density at radius 3 is 2.35 bits per heavy atom. The number of anilines is 2. The molecule has 0 saturated carbocycles. The molecule has 1 amide bonds. The predicted octanol–water partition coefficient (Wildman–Crippen LogP) is 4.15. The average Bonchev–Trinajstić information content (AvgIpc) is 2.68. The molecule has 1 aromatic carbocycles. The van der Waals surface area contributed by atoms with Gasteiger partial charge in [0, 0.05) is 24.5 Å². The number of carbonyl (C=O) groups excluding carboxylic acids is 1. The summed E-state index contributed by atoms with van der Waals surface area (Å²) in [6.07, 6.45) is 5.32. The van der Waals surface area contributed by atoms with Gasteiger partial charge in [0.15, 0.2) is 0 Å². The Labute approximate surface area is 155 Å². The summed E-state index contributed by atoms with van der Waals surface area (Å²) in [5.74, 6) is 0.513. The number of hydrogen-bond acceptors (Lipinski definition) is 4. The van der Waals surface area contributed by atoms with Crippen LogP contribution >= 0.6 is 0 Å². The van der Waals surface area contributed by atoms with E-state index in [2.05, 4.69) is 52.2 Å². The zero-order chi connectivity index (χ0) is 18.5. The number of nitrogens with zero attached hydrogens (tertiary/aromatic N) is 3. The van der Waals surface area contributed by atoms with E-state index in [1.165, 1.54) is 6.42 Å². The maximum atomic E-state index is 12.9. The molecule has 5 nitrogen and oxygen atoms in total. The monoisotopic (exact) mass is 352 g/mol. The summed E-state index contributed by atoms with van der Waals surface area (Å²) >= 11 is 0. The van der Waals surface area contributed by atoms with E-state index in [1.54, 1.807) is 6.07 Å². The number of rotatable bonds is 5. The van der Waals surface area contributed by atoms with Gasteiger partial charge in [-0.25, -0.2) is 9.97 Å². The maximum absolute atomic E-state index is 12.9. The van der Waals surface area contributed by atoms with Crippen molar-refractivity contribution in [2.75, 3.05) is 23.3 Å². The van der Waals surface area contributed by atoms with Crippen LogP contribution in [0.1, 0.15) is 60.4 Å². The third-order valence-electron chi connectivity index (χ3n) is 4.95. The second-order valence-electron chi connectivity index (χ2n) is 6.85. The van der Waals surface area contributed by atoms with Crippen LogP contribution in [0.3, 0.4) is 0 Å². The van der Waals surface area contributed by atoms with Crippen molar-refractivity contribution in [3.8, 4) is 0 Å². The first-order valence-corrected chi connectivity index (χ1v) is 9.65. The van der Waals surface area contributed by atoms with E-state index in [-0.39, 0.29) is 5.91 Å². The number of carbonyl (C=O) groups is 1. The molecule has 1 saturated heterocycles.